The summed E-state index contributed by atoms with van der Waals surface area (Å²) in [5, 5.41) is 10.7. The lowest BCUT2D eigenvalue weighted by molar-refractivity contribution is -0.130. The lowest BCUT2D eigenvalue weighted by atomic mass is 9.90. The molecule has 1 aliphatic rings. The predicted octanol–water partition coefficient (Wildman–Crippen LogP) is 5.29. The maximum absolute atomic E-state index is 13.1. The molecule has 164 valence electrons. The van der Waals surface area contributed by atoms with Crippen molar-refractivity contribution >= 4 is 11.7 Å². The van der Waals surface area contributed by atoms with Gasteiger partial charge in [0.25, 0.3) is 5.91 Å². The summed E-state index contributed by atoms with van der Waals surface area (Å²) in [4.78, 5) is 27.7. The predicted molar refractivity (Wildman–Crippen MR) is 121 cm³/mol. The van der Waals surface area contributed by atoms with E-state index in [0.717, 1.165) is 16.7 Å². The summed E-state index contributed by atoms with van der Waals surface area (Å²) in [6, 6.07) is 14.6. The Morgan fingerprint density at radius 1 is 1.13 bits per heavy atom. The van der Waals surface area contributed by atoms with Gasteiger partial charge in [-0.2, -0.15) is 0 Å². The summed E-state index contributed by atoms with van der Waals surface area (Å²) in [7, 11) is 0. The molecule has 1 atom stereocenters. The molecule has 2 aromatic rings. The number of Topliss-reactive ketones (excluding diaryl/α,β-unsaturated/α-hetero) is 1. The van der Waals surface area contributed by atoms with E-state index in [9.17, 15) is 14.7 Å². The fraction of sp³-hybridized carbons (Fsp3) is 0.385. The number of aliphatic hydroxyl groups excluding tert-OH is 1. The van der Waals surface area contributed by atoms with Crippen molar-refractivity contribution in [3.05, 3.63) is 76.6 Å². The molecule has 1 N–H and O–H groups in total. The minimum Gasteiger partial charge on any atom is -0.503 e. The number of amides is 1. The van der Waals surface area contributed by atoms with Gasteiger partial charge in [-0.1, -0.05) is 61.9 Å². The van der Waals surface area contributed by atoms with Crippen LogP contribution in [0.2, 0.25) is 0 Å². The van der Waals surface area contributed by atoms with E-state index in [0.29, 0.717) is 5.75 Å². The molecule has 0 bridgehead atoms. The lowest BCUT2D eigenvalue weighted by Gasteiger charge is -2.29. The normalized spacial score (nSPS) is 16.9. The smallest absolute Gasteiger partial charge is 0.290 e. The number of nitrogens with zero attached hydrogens (tertiary/aromatic N) is 1. The Labute approximate surface area is 184 Å². The molecule has 3 rings (SSSR count). The van der Waals surface area contributed by atoms with Gasteiger partial charge in [-0.05, 0) is 39.3 Å². The number of hydrogen-bond acceptors (Lipinski definition) is 4. The highest BCUT2D eigenvalue weighted by Gasteiger charge is 2.44. The van der Waals surface area contributed by atoms with E-state index in [1.54, 1.807) is 18.7 Å². The van der Waals surface area contributed by atoms with Crippen molar-refractivity contribution in [3.8, 4) is 5.75 Å². The van der Waals surface area contributed by atoms with Crippen LogP contribution in [0.1, 0.15) is 57.4 Å². The minimum atomic E-state index is -0.648. The zero-order valence-corrected chi connectivity index (χ0v) is 19.1. The fourth-order valence-electron chi connectivity index (χ4n) is 3.81. The van der Waals surface area contributed by atoms with Crippen molar-refractivity contribution in [2.45, 2.75) is 59.7 Å². The van der Waals surface area contributed by atoms with Crippen LogP contribution < -0.4 is 4.74 Å². The molecule has 1 aliphatic heterocycles. The standard InChI is InChI=1S/C26H31NO4/c1-16(2)23(28)21-22(18-12-9-10-17(3)14-18)27(25(30)24(21)29)15-19-11-7-8-13-20(19)31-26(4,5)6/h7-14,16,22,29H,15H2,1-6H3. The third-order valence-electron chi connectivity index (χ3n) is 5.18. The molecule has 0 spiro atoms. The number of rotatable bonds is 6. The molecule has 0 saturated carbocycles. The summed E-state index contributed by atoms with van der Waals surface area (Å²) >= 11 is 0. The number of benzene rings is 2. The van der Waals surface area contributed by atoms with Gasteiger partial charge in [0.1, 0.15) is 11.4 Å². The minimum absolute atomic E-state index is 0.167. The van der Waals surface area contributed by atoms with Gasteiger partial charge in [0.2, 0.25) is 0 Å². The molecule has 1 heterocycles. The van der Waals surface area contributed by atoms with Crippen molar-refractivity contribution < 1.29 is 19.4 Å². The SMILES string of the molecule is Cc1cccc(C2C(C(=O)C(C)C)=C(O)C(=O)N2Cc2ccccc2OC(C)(C)C)c1. The third kappa shape index (κ3) is 4.82. The zero-order valence-electron chi connectivity index (χ0n) is 19.1. The van der Waals surface area contributed by atoms with Crippen LogP contribution in [0.4, 0.5) is 0 Å². The van der Waals surface area contributed by atoms with Gasteiger partial charge in [0.05, 0.1) is 18.2 Å². The maximum atomic E-state index is 13.1. The van der Waals surface area contributed by atoms with Crippen LogP contribution in [0.3, 0.4) is 0 Å². The molecular weight excluding hydrogens is 390 g/mol. The molecule has 1 unspecified atom stereocenters. The first-order chi connectivity index (χ1) is 14.5. The number of carbonyl (C=O) groups excluding carboxylic acids is 2. The lowest BCUT2D eigenvalue weighted by Crippen LogP contribution is -2.32. The Morgan fingerprint density at radius 2 is 1.81 bits per heavy atom. The van der Waals surface area contributed by atoms with Crippen LogP contribution in [0.25, 0.3) is 0 Å². The third-order valence-corrected chi connectivity index (χ3v) is 5.18. The Kier molecular flexibility index (Phi) is 6.25. The first kappa shape index (κ1) is 22.6. The monoisotopic (exact) mass is 421 g/mol. The summed E-state index contributed by atoms with van der Waals surface area (Å²) in [5.74, 6) is -0.887. The topological polar surface area (TPSA) is 66.8 Å². The molecule has 2 aromatic carbocycles. The summed E-state index contributed by atoms with van der Waals surface area (Å²) in [6.07, 6.45) is 0. The van der Waals surface area contributed by atoms with Crippen molar-refractivity contribution in [1.82, 2.24) is 4.90 Å². The molecule has 0 saturated heterocycles. The Hall–Kier alpha value is -3.08. The van der Waals surface area contributed by atoms with Gasteiger partial charge >= 0.3 is 0 Å². The van der Waals surface area contributed by atoms with Gasteiger partial charge < -0.3 is 14.7 Å². The maximum Gasteiger partial charge on any atom is 0.290 e. The molecule has 31 heavy (non-hydrogen) atoms. The first-order valence-electron chi connectivity index (χ1n) is 10.6. The van der Waals surface area contributed by atoms with E-state index in [4.69, 9.17) is 4.74 Å². The second-order valence-corrected chi connectivity index (χ2v) is 9.35. The summed E-state index contributed by atoms with van der Waals surface area (Å²) in [5.41, 5.74) is 2.40. The Morgan fingerprint density at radius 3 is 2.42 bits per heavy atom. The quantitative estimate of drug-likeness (QED) is 0.688. The largest absolute Gasteiger partial charge is 0.503 e. The van der Waals surface area contributed by atoms with Crippen LogP contribution in [0.5, 0.6) is 5.75 Å². The van der Waals surface area contributed by atoms with Crippen molar-refractivity contribution in [2.75, 3.05) is 0 Å². The van der Waals surface area contributed by atoms with Crippen LogP contribution in [-0.2, 0) is 16.1 Å². The second-order valence-electron chi connectivity index (χ2n) is 9.35. The van der Waals surface area contributed by atoms with Gasteiger partial charge in [-0.25, -0.2) is 0 Å². The number of hydrogen-bond donors (Lipinski definition) is 1. The van der Waals surface area contributed by atoms with E-state index < -0.39 is 23.3 Å². The number of aryl methyl sites for hydroxylation is 1. The Bertz CT molecular complexity index is 1030. The zero-order chi connectivity index (χ0) is 22.9. The number of ketones is 1. The van der Waals surface area contributed by atoms with Crippen molar-refractivity contribution in [2.24, 2.45) is 5.92 Å². The average Bonchev–Trinajstić information content (AvgIpc) is 2.92. The summed E-state index contributed by atoms with van der Waals surface area (Å²) < 4.78 is 6.10. The fourth-order valence-corrected chi connectivity index (χ4v) is 3.81. The number of ether oxygens (including phenoxy) is 1. The first-order valence-corrected chi connectivity index (χ1v) is 10.6. The van der Waals surface area contributed by atoms with E-state index in [1.807, 2.05) is 76.2 Å². The number of aliphatic hydroxyl groups is 1. The second kappa shape index (κ2) is 8.58. The molecular formula is C26H31NO4. The van der Waals surface area contributed by atoms with Crippen LogP contribution >= 0.6 is 0 Å². The van der Waals surface area contributed by atoms with E-state index in [-0.39, 0.29) is 23.8 Å². The van der Waals surface area contributed by atoms with E-state index >= 15 is 0 Å². The molecule has 5 heteroatoms. The highest BCUT2D eigenvalue weighted by Crippen LogP contribution is 2.41. The van der Waals surface area contributed by atoms with Crippen LogP contribution in [-0.4, -0.2) is 27.3 Å². The van der Waals surface area contributed by atoms with Crippen molar-refractivity contribution in [3.63, 3.8) is 0 Å². The number of carbonyl (C=O) groups is 2. The number of para-hydroxylation sites is 1. The van der Waals surface area contributed by atoms with Crippen LogP contribution in [0.15, 0.2) is 59.9 Å². The van der Waals surface area contributed by atoms with Gasteiger partial charge in [-0.3, -0.25) is 9.59 Å². The highest BCUT2D eigenvalue weighted by molar-refractivity contribution is 6.09. The van der Waals surface area contributed by atoms with Crippen molar-refractivity contribution in [1.29, 1.82) is 0 Å². The van der Waals surface area contributed by atoms with Gasteiger partial charge in [0.15, 0.2) is 11.5 Å². The summed E-state index contributed by atoms with van der Waals surface area (Å²) in [6.45, 7) is 11.6. The molecule has 0 aliphatic carbocycles. The molecule has 1 amide bonds. The van der Waals surface area contributed by atoms with E-state index in [1.165, 1.54) is 0 Å². The van der Waals surface area contributed by atoms with Gasteiger partial charge in [0, 0.05) is 11.5 Å². The molecule has 5 nitrogen and oxygen atoms in total. The average molecular weight is 422 g/mol. The molecule has 0 fully saturated rings. The molecule has 0 radical (unpaired) electrons. The molecule has 0 aromatic heterocycles. The van der Waals surface area contributed by atoms with E-state index in [2.05, 4.69) is 0 Å². The van der Waals surface area contributed by atoms with Crippen LogP contribution in [0, 0.1) is 12.8 Å². The Balaban J connectivity index is 2.08. The highest BCUT2D eigenvalue weighted by atomic mass is 16.5. The van der Waals surface area contributed by atoms with Gasteiger partial charge in [-0.15, -0.1) is 0 Å².